The number of ketones is 1. The summed E-state index contributed by atoms with van der Waals surface area (Å²) < 4.78 is 11.5. The Bertz CT molecular complexity index is 1390. The lowest BCUT2D eigenvalue weighted by atomic mass is 9.95. The molecule has 7 nitrogen and oxygen atoms in total. The van der Waals surface area contributed by atoms with Gasteiger partial charge in [0.2, 0.25) is 0 Å². The van der Waals surface area contributed by atoms with Gasteiger partial charge in [-0.1, -0.05) is 32.9 Å². The first-order valence-corrected chi connectivity index (χ1v) is 12.6. The fraction of sp³-hybridized carbons (Fsp3) is 0.258. The number of Topliss-reactive ketones (excluding diaryl/α,β-unsaturated/α-hetero) is 1. The molecule has 38 heavy (non-hydrogen) atoms. The first-order chi connectivity index (χ1) is 18.3. The molecule has 0 spiro atoms. The molecule has 1 N–H and O–H groups in total. The molecule has 1 amide bonds. The van der Waals surface area contributed by atoms with Gasteiger partial charge in [-0.15, -0.1) is 0 Å². The molecular weight excluding hydrogens is 480 g/mol. The molecule has 0 saturated carbocycles. The number of anilines is 1. The van der Waals surface area contributed by atoms with Gasteiger partial charge in [0.1, 0.15) is 17.3 Å². The highest BCUT2D eigenvalue weighted by Gasteiger charge is 2.47. The zero-order valence-corrected chi connectivity index (χ0v) is 21.7. The van der Waals surface area contributed by atoms with Crippen LogP contribution in [0.25, 0.3) is 5.76 Å². The van der Waals surface area contributed by atoms with E-state index in [2.05, 4.69) is 19.9 Å². The molecule has 1 unspecified atom stereocenters. The quantitative estimate of drug-likeness (QED) is 0.215. The number of aliphatic hydroxyl groups excluding tert-OH is 1. The minimum atomic E-state index is -0.898. The predicted octanol–water partition coefficient (Wildman–Crippen LogP) is 6.01. The maximum atomic E-state index is 13.4. The summed E-state index contributed by atoms with van der Waals surface area (Å²) in [4.78, 5) is 28.1. The van der Waals surface area contributed by atoms with Crippen molar-refractivity contribution in [2.75, 3.05) is 18.1 Å². The van der Waals surface area contributed by atoms with Crippen LogP contribution >= 0.6 is 0 Å². The van der Waals surface area contributed by atoms with Gasteiger partial charge in [0.25, 0.3) is 11.7 Å². The van der Waals surface area contributed by atoms with E-state index in [1.807, 2.05) is 13.0 Å². The lowest BCUT2D eigenvalue weighted by Gasteiger charge is -2.26. The second-order valence-electron chi connectivity index (χ2n) is 9.48. The molecule has 1 saturated heterocycles. The Kier molecular flexibility index (Phi) is 8.12. The Labute approximate surface area is 222 Å². The van der Waals surface area contributed by atoms with E-state index in [4.69, 9.17) is 9.47 Å². The topological polar surface area (TPSA) is 99.9 Å². The number of hydrogen-bond donors (Lipinski definition) is 1. The van der Waals surface area contributed by atoms with Crippen molar-refractivity contribution >= 4 is 23.1 Å². The fourth-order valence-electron chi connectivity index (χ4n) is 4.23. The number of nitriles is 1. The Balaban J connectivity index is 1.82. The molecule has 0 aromatic heterocycles. The van der Waals surface area contributed by atoms with E-state index in [9.17, 15) is 20.0 Å². The maximum Gasteiger partial charge on any atom is 0.300 e. The van der Waals surface area contributed by atoms with Crippen LogP contribution in [0.3, 0.4) is 0 Å². The molecule has 194 valence electrons. The summed E-state index contributed by atoms with van der Waals surface area (Å²) in [5.74, 6) is -0.236. The minimum Gasteiger partial charge on any atom is -0.507 e. The van der Waals surface area contributed by atoms with Crippen molar-refractivity contribution in [2.24, 2.45) is 5.92 Å². The van der Waals surface area contributed by atoms with E-state index in [-0.39, 0.29) is 11.3 Å². The van der Waals surface area contributed by atoms with E-state index >= 15 is 0 Å². The van der Waals surface area contributed by atoms with Gasteiger partial charge in [-0.05, 0) is 78.6 Å². The summed E-state index contributed by atoms with van der Waals surface area (Å²) in [6.07, 6.45) is 0.824. The van der Waals surface area contributed by atoms with Crippen LogP contribution < -0.4 is 14.4 Å². The molecule has 1 aliphatic rings. The van der Waals surface area contributed by atoms with Crippen molar-refractivity contribution in [2.45, 2.75) is 33.2 Å². The van der Waals surface area contributed by atoms with Crippen LogP contribution in [0, 0.1) is 17.2 Å². The number of aliphatic hydroxyl groups is 1. The van der Waals surface area contributed by atoms with E-state index in [0.717, 1.165) is 6.42 Å². The summed E-state index contributed by atoms with van der Waals surface area (Å²) in [5, 5.41) is 20.6. The van der Waals surface area contributed by atoms with Crippen molar-refractivity contribution < 1.29 is 24.2 Å². The van der Waals surface area contributed by atoms with Crippen LogP contribution in [0.15, 0.2) is 78.4 Å². The number of nitrogens with zero attached hydrogens (tertiary/aromatic N) is 2. The van der Waals surface area contributed by atoms with Crippen LogP contribution in [0.2, 0.25) is 0 Å². The smallest absolute Gasteiger partial charge is 0.300 e. The lowest BCUT2D eigenvalue weighted by molar-refractivity contribution is -0.132. The molecule has 1 atom stereocenters. The average molecular weight is 511 g/mol. The van der Waals surface area contributed by atoms with Gasteiger partial charge >= 0.3 is 0 Å². The molecule has 3 aromatic carbocycles. The summed E-state index contributed by atoms with van der Waals surface area (Å²) in [6, 6.07) is 21.5. The Morgan fingerprint density at radius 2 is 1.71 bits per heavy atom. The number of amides is 1. The highest BCUT2D eigenvalue weighted by Crippen LogP contribution is 2.43. The van der Waals surface area contributed by atoms with Crippen molar-refractivity contribution in [3.05, 3.63) is 95.1 Å². The fourth-order valence-corrected chi connectivity index (χ4v) is 4.23. The molecule has 7 heteroatoms. The minimum absolute atomic E-state index is 0.0251. The third-order valence-corrected chi connectivity index (χ3v) is 6.08. The number of carbonyl (C=O) groups excluding carboxylic acids is 2. The summed E-state index contributed by atoms with van der Waals surface area (Å²) in [6.45, 7) is 7.18. The molecule has 0 bridgehead atoms. The van der Waals surface area contributed by atoms with Crippen molar-refractivity contribution in [1.82, 2.24) is 0 Å². The van der Waals surface area contributed by atoms with Gasteiger partial charge in [0.15, 0.2) is 0 Å². The van der Waals surface area contributed by atoms with Gasteiger partial charge in [0, 0.05) is 11.3 Å². The van der Waals surface area contributed by atoms with Crippen LogP contribution in [0.4, 0.5) is 5.69 Å². The Hall–Kier alpha value is -4.57. The Morgan fingerprint density at radius 1 is 1.00 bits per heavy atom. The molecule has 1 fully saturated rings. The highest BCUT2D eigenvalue weighted by atomic mass is 16.5. The molecule has 0 radical (unpaired) electrons. The third kappa shape index (κ3) is 5.55. The van der Waals surface area contributed by atoms with E-state index in [1.165, 1.54) is 4.90 Å². The first kappa shape index (κ1) is 26.5. The van der Waals surface area contributed by atoms with Crippen LogP contribution in [-0.4, -0.2) is 30.0 Å². The molecule has 1 heterocycles. The van der Waals surface area contributed by atoms with Gasteiger partial charge in [-0.3, -0.25) is 14.5 Å². The second-order valence-corrected chi connectivity index (χ2v) is 9.48. The number of rotatable bonds is 9. The zero-order valence-electron chi connectivity index (χ0n) is 21.7. The molecule has 4 rings (SSSR count). The second kappa shape index (κ2) is 11.7. The monoisotopic (exact) mass is 510 g/mol. The molecule has 0 aliphatic carbocycles. The van der Waals surface area contributed by atoms with E-state index in [1.54, 1.807) is 66.7 Å². The standard InChI is InChI=1S/C31H30N2O5/c1-4-16-37-26-7-5-6-23(17-26)28-27(29(34)22-10-14-25(15-11-22)38-19-20(2)3)30(35)31(36)33(28)24-12-8-21(18-32)9-13-24/h5-15,17,20,28,34H,4,16,19H2,1-3H3/b29-27-. The normalized spacial score (nSPS) is 16.5. The predicted molar refractivity (Wildman–Crippen MR) is 145 cm³/mol. The number of carbonyl (C=O) groups is 2. The maximum absolute atomic E-state index is 13.4. The van der Waals surface area contributed by atoms with E-state index in [0.29, 0.717) is 53.0 Å². The SMILES string of the molecule is CCCOc1cccc(C2/C(=C(/O)c3ccc(OCC(C)C)cc3)C(=O)C(=O)N2c2ccc(C#N)cc2)c1. The number of benzene rings is 3. The summed E-state index contributed by atoms with van der Waals surface area (Å²) >= 11 is 0. The third-order valence-electron chi connectivity index (χ3n) is 6.08. The van der Waals surface area contributed by atoms with Gasteiger partial charge in [0.05, 0.1) is 36.5 Å². The number of ether oxygens (including phenoxy) is 2. The average Bonchev–Trinajstić information content (AvgIpc) is 3.20. The van der Waals surface area contributed by atoms with Crippen molar-refractivity contribution in [3.63, 3.8) is 0 Å². The lowest BCUT2D eigenvalue weighted by Crippen LogP contribution is -2.29. The molecule has 3 aromatic rings. The van der Waals surface area contributed by atoms with Gasteiger partial charge in [-0.25, -0.2) is 0 Å². The van der Waals surface area contributed by atoms with Gasteiger partial charge < -0.3 is 14.6 Å². The number of hydrogen-bond acceptors (Lipinski definition) is 6. The van der Waals surface area contributed by atoms with Gasteiger partial charge in [-0.2, -0.15) is 5.26 Å². The molecular formula is C31H30N2O5. The van der Waals surface area contributed by atoms with Crippen LogP contribution in [0.1, 0.15) is 49.9 Å². The summed E-state index contributed by atoms with van der Waals surface area (Å²) in [7, 11) is 0. The highest BCUT2D eigenvalue weighted by molar-refractivity contribution is 6.51. The largest absolute Gasteiger partial charge is 0.507 e. The van der Waals surface area contributed by atoms with Crippen molar-refractivity contribution in [1.29, 1.82) is 5.26 Å². The van der Waals surface area contributed by atoms with Crippen LogP contribution in [0.5, 0.6) is 11.5 Å². The van der Waals surface area contributed by atoms with Crippen LogP contribution in [-0.2, 0) is 9.59 Å². The van der Waals surface area contributed by atoms with Crippen molar-refractivity contribution in [3.8, 4) is 17.6 Å². The summed E-state index contributed by atoms with van der Waals surface area (Å²) in [5.41, 5.74) is 1.84. The molecule has 1 aliphatic heterocycles. The first-order valence-electron chi connectivity index (χ1n) is 12.6. The zero-order chi connectivity index (χ0) is 27.2. The Morgan fingerprint density at radius 3 is 2.34 bits per heavy atom. The van der Waals surface area contributed by atoms with E-state index < -0.39 is 17.7 Å².